The van der Waals surface area contributed by atoms with E-state index in [2.05, 4.69) is 30.6 Å². The second kappa shape index (κ2) is 4.67. The zero-order valence-electron chi connectivity index (χ0n) is 10.2. The van der Waals surface area contributed by atoms with Crippen molar-refractivity contribution in [3.63, 3.8) is 0 Å². The lowest BCUT2D eigenvalue weighted by Gasteiger charge is -2.23. The number of tetrazole rings is 1. The summed E-state index contributed by atoms with van der Waals surface area (Å²) < 4.78 is 1.65. The van der Waals surface area contributed by atoms with Crippen LogP contribution < -0.4 is 10.6 Å². The zero-order chi connectivity index (χ0) is 13.2. The monoisotopic (exact) mass is 262 g/mol. The molecular formula is C10H14N8O. The van der Waals surface area contributed by atoms with Crippen LogP contribution in [0.25, 0.3) is 5.65 Å². The van der Waals surface area contributed by atoms with Crippen molar-refractivity contribution in [3.05, 3.63) is 12.4 Å². The number of hydrogen-bond acceptors (Lipinski definition) is 7. The Hall–Kier alpha value is -2.45. The third-order valence-corrected chi connectivity index (χ3v) is 3.11. The fraction of sp³-hybridized carbons (Fsp3) is 0.500. The van der Waals surface area contributed by atoms with Crippen LogP contribution in [-0.2, 0) is 0 Å². The molecule has 9 nitrogen and oxygen atoms in total. The average molecular weight is 262 g/mol. The third kappa shape index (κ3) is 2.26. The minimum atomic E-state index is 0.211. The first kappa shape index (κ1) is 11.6. The van der Waals surface area contributed by atoms with Gasteiger partial charge in [0.25, 0.3) is 0 Å². The zero-order valence-corrected chi connectivity index (χ0v) is 10.2. The Balaban J connectivity index is 1.89. The van der Waals surface area contributed by atoms with Gasteiger partial charge < -0.3 is 15.8 Å². The summed E-state index contributed by atoms with van der Waals surface area (Å²) in [5.41, 5.74) is 6.13. The molecule has 2 heterocycles. The maximum absolute atomic E-state index is 8.61. The summed E-state index contributed by atoms with van der Waals surface area (Å²) >= 11 is 0. The van der Waals surface area contributed by atoms with Gasteiger partial charge in [-0.2, -0.15) is 4.52 Å². The van der Waals surface area contributed by atoms with Crippen LogP contribution in [0.15, 0.2) is 17.5 Å². The molecule has 2 aromatic heterocycles. The quantitative estimate of drug-likeness (QED) is 0.326. The van der Waals surface area contributed by atoms with Crippen LogP contribution in [-0.4, -0.2) is 48.7 Å². The molecule has 0 bridgehead atoms. The molecule has 9 heteroatoms. The maximum Gasteiger partial charge on any atom is 0.199 e. The van der Waals surface area contributed by atoms with Crippen molar-refractivity contribution in [2.24, 2.45) is 10.9 Å². The minimum Gasteiger partial charge on any atom is -0.409 e. The van der Waals surface area contributed by atoms with E-state index in [1.54, 1.807) is 16.9 Å². The van der Waals surface area contributed by atoms with Crippen molar-refractivity contribution in [1.82, 2.24) is 25.0 Å². The highest BCUT2D eigenvalue weighted by molar-refractivity contribution is 5.80. The summed E-state index contributed by atoms with van der Waals surface area (Å²) in [4.78, 5) is 6.29. The molecule has 0 saturated heterocycles. The highest BCUT2D eigenvalue weighted by Crippen LogP contribution is 2.31. The minimum absolute atomic E-state index is 0.211. The standard InChI is InChI=1S/C10H14N8O/c11-8(14-19)3-4-17(7-1-2-7)10-6-12-5-9-13-15-16-18(9)10/h5-7,19H,1-4H2,(H2,11,14). The topological polar surface area (TPSA) is 118 Å². The second-order valence-corrected chi connectivity index (χ2v) is 4.48. The van der Waals surface area contributed by atoms with E-state index >= 15 is 0 Å². The Kier molecular flexibility index (Phi) is 2.86. The van der Waals surface area contributed by atoms with Gasteiger partial charge in [-0.15, -0.1) is 5.10 Å². The number of rotatable bonds is 5. The van der Waals surface area contributed by atoms with Gasteiger partial charge in [-0.25, -0.2) is 0 Å². The lowest BCUT2D eigenvalue weighted by molar-refractivity contribution is 0.317. The number of hydrogen-bond donors (Lipinski definition) is 2. The van der Waals surface area contributed by atoms with E-state index in [1.807, 2.05) is 0 Å². The summed E-state index contributed by atoms with van der Waals surface area (Å²) in [6.07, 6.45) is 6.06. The highest BCUT2D eigenvalue weighted by Gasteiger charge is 2.31. The van der Waals surface area contributed by atoms with Gasteiger partial charge >= 0.3 is 0 Å². The van der Waals surface area contributed by atoms with Crippen LogP contribution >= 0.6 is 0 Å². The predicted octanol–water partition coefficient (Wildman–Crippen LogP) is -0.375. The van der Waals surface area contributed by atoms with E-state index in [-0.39, 0.29) is 5.84 Å². The van der Waals surface area contributed by atoms with E-state index in [4.69, 9.17) is 10.9 Å². The van der Waals surface area contributed by atoms with Crippen LogP contribution in [0, 0.1) is 0 Å². The molecule has 1 aliphatic carbocycles. The summed E-state index contributed by atoms with van der Waals surface area (Å²) in [7, 11) is 0. The molecule has 1 fully saturated rings. The maximum atomic E-state index is 8.61. The molecule has 0 atom stereocenters. The molecule has 1 aliphatic rings. The molecule has 1 saturated carbocycles. The Bertz CT molecular complexity index is 604. The molecule has 0 amide bonds. The number of oxime groups is 1. The van der Waals surface area contributed by atoms with Gasteiger partial charge in [0.05, 0.1) is 12.4 Å². The van der Waals surface area contributed by atoms with Gasteiger partial charge in [-0.05, 0) is 23.3 Å². The van der Waals surface area contributed by atoms with Gasteiger partial charge in [0.1, 0.15) is 5.84 Å². The molecule has 3 N–H and O–H groups in total. The van der Waals surface area contributed by atoms with Gasteiger partial charge in [0.2, 0.25) is 0 Å². The molecular weight excluding hydrogens is 248 g/mol. The Morgan fingerprint density at radius 2 is 2.37 bits per heavy atom. The number of nitrogens with zero attached hydrogens (tertiary/aromatic N) is 7. The first-order valence-electron chi connectivity index (χ1n) is 6.04. The Morgan fingerprint density at radius 1 is 1.53 bits per heavy atom. The summed E-state index contributed by atoms with van der Waals surface area (Å²) in [6, 6.07) is 0.447. The molecule has 0 unspecified atom stereocenters. The number of amidine groups is 1. The molecule has 3 rings (SSSR count). The van der Waals surface area contributed by atoms with Gasteiger partial charge in [0, 0.05) is 19.0 Å². The highest BCUT2D eigenvalue weighted by atomic mass is 16.4. The molecule has 0 aliphatic heterocycles. The van der Waals surface area contributed by atoms with Crippen LogP contribution in [0.3, 0.4) is 0 Å². The summed E-state index contributed by atoms with van der Waals surface area (Å²) in [5, 5.41) is 23.1. The van der Waals surface area contributed by atoms with Crippen molar-refractivity contribution in [2.45, 2.75) is 25.3 Å². The first-order valence-corrected chi connectivity index (χ1v) is 6.04. The molecule has 2 aromatic rings. The number of anilines is 1. The van der Waals surface area contributed by atoms with Crippen LogP contribution in [0.5, 0.6) is 0 Å². The smallest absolute Gasteiger partial charge is 0.199 e. The number of aromatic nitrogens is 5. The van der Waals surface area contributed by atoms with Gasteiger partial charge in [-0.3, -0.25) is 4.98 Å². The third-order valence-electron chi connectivity index (χ3n) is 3.11. The lowest BCUT2D eigenvalue weighted by atomic mass is 10.3. The fourth-order valence-electron chi connectivity index (χ4n) is 2.01. The van der Waals surface area contributed by atoms with E-state index < -0.39 is 0 Å². The number of nitrogens with two attached hydrogens (primary N) is 1. The van der Waals surface area contributed by atoms with Crippen molar-refractivity contribution in [2.75, 3.05) is 11.4 Å². The Labute approximate surface area is 108 Å². The van der Waals surface area contributed by atoms with E-state index in [0.29, 0.717) is 24.7 Å². The average Bonchev–Trinajstić information content (AvgIpc) is 3.15. The predicted molar refractivity (Wildman–Crippen MR) is 67.0 cm³/mol. The Morgan fingerprint density at radius 3 is 3.11 bits per heavy atom. The molecule has 0 spiro atoms. The van der Waals surface area contributed by atoms with Crippen molar-refractivity contribution in [1.29, 1.82) is 0 Å². The van der Waals surface area contributed by atoms with Gasteiger partial charge in [0.15, 0.2) is 11.5 Å². The van der Waals surface area contributed by atoms with E-state index in [1.165, 1.54) is 0 Å². The molecule has 19 heavy (non-hydrogen) atoms. The van der Waals surface area contributed by atoms with Crippen molar-refractivity contribution < 1.29 is 5.21 Å². The normalized spacial score (nSPS) is 15.9. The molecule has 0 aromatic carbocycles. The SMILES string of the molecule is NC(CCN(c1cncc2nnnn12)C1CC1)=NO. The van der Waals surface area contributed by atoms with Crippen molar-refractivity contribution in [3.8, 4) is 0 Å². The first-order chi connectivity index (χ1) is 9.29. The largest absolute Gasteiger partial charge is 0.409 e. The van der Waals surface area contributed by atoms with Gasteiger partial charge in [-0.1, -0.05) is 5.16 Å². The summed E-state index contributed by atoms with van der Waals surface area (Å²) in [5.74, 6) is 1.04. The molecule has 100 valence electrons. The lowest BCUT2D eigenvalue weighted by Crippen LogP contribution is -2.32. The van der Waals surface area contributed by atoms with Crippen LogP contribution in [0.1, 0.15) is 19.3 Å². The fourth-order valence-corrected chi connectivity index (χ4v) is 2.01. The molecule has 0 radical (unpaired) electrons. The van der Waals surface area contributed by atoms with E-state index in [9.17, 15) is 0 Å². The second-order valence-electron chi connectivity index (χ2n) is 4.48. The van der Waals surface area contributed by atoms with Crippen LogP contribution in [0.2, 0.25) is 0 Å². The van der Waals surface area contributed by atoms with Crippen LogP contribution in [0.4, 0.5) is 5.82 Å². The number of fused-ring (bicyclic) bond motifs is 1. The summed E-state index contributed by atoms with van der Waals surface area (Å²) in [6.45, 7) is 0.640. The van der Waals surface area contributed by atoms with E-state index in [0.717, 1.165) is 18.7 Å². The van der Waals surface area contributed by atoms with Crippen molar-refractivity contribution >= 4 is 17.3 Å².